The normalized spacial score (nSPS) is 16.3. The Hall–Kier alpha value is -2.20. The molecule has 4 nitrogen and oxygen atoms in total. The largest absolute Gasteiger partial charge is 0.491 e. The number of carbonyl (C=O) groups is 1. The highest BCUT2D eigenvalue weighted by atomic mass is 35.5. The van der Waals surface area contributed by atoms with Crippen LogP contribution in [-0.2, 0) is 13.0 Å². The Balaban J connectivity index is 1.50. The molecule has 2 N–H and O–H groups in total. The summed E-state index contributed by atoms with van der Waals surface area (Å²) in [5.41, 5.74) is 2.08. The van der Waals surface area contributed by atoms with Crippen molar-refractivity contribution in [1.82, 2.24) is 10.6 Å². The SMILES string of the molecule is O=C(NCc1cccc(Cl)c1)NC1COc2ccccc2C1. The zero-order valence-electron chi connectivity index (χ0n) is 12.0. The molecule has 22 heavy (non-hydrogen) atoms. The molecule has 0 radical (unpaired) electrons. The summed E-state index contributed by atoms with van der Waals surface area (Å²) in [6, 6.07) is 15.1. The molecular weight excluding hydrogens is 300 g/mol. The maximum atomic E-state index is 12.0. The van der Waals surface area contributed by atoms with Gasteiger partial charge in [-0.05, 0) is 35.7 Å². The summed E-state index contributed by atoms with van der Waals surface area (Å²) in [6.45, 7) is 0.929. The number of urea groups is 1. The number of amides is 2. The van der Waals surface area contributed by atoms with Gasteiger partial charge in [0.15, 0.2) is 0 Å². The smallest absolute Gasteiger partial charge is 0.315 e. The van der Waals surface area contributed by atoms with Gasteiger partial charge in [-0.2, -0.15) is 0 Å². The fraction of sp³-hybridized carbons (Fsp3) is 0.235. The maximum Gasteiger partial charge on any atom is 0.315 e. The maximum absolute atomic E-state index is 12.0. The first-order valence-electron chi connectivity index (χ1n) is 7.20. The molecular formula is C17H17ClN2O2. The van der Waals surface area contributed by atoms with Crippen LogP contribution in [0.4, 0.5) is 4.79 Å². The van der Waals surface area contributed by atoms with Gasteiger partial charge in [0.2, 0.25) is 0 Å². The molecule has 114 valence electrons. The minimum Gasteiger partial charge on any atom is -0.491 e. The van der Waals surface area contributed by atoms with E-state index in [1.54, 1.807) is 0 Å². The molecule has 2 aromatic carbocycles. The van der Waals surface area contributed by atoms with Crippen LogP contribution in [0.25, 0.3) is 0 Å². The number of ether oxygens (including phenoxy) is 1. The lowest BCUT2D eigenvalue weighted by atomic mass is 10.0. The van der Waals surface area contributed by atoms with E-state index in [0.717, 1.165) is 23.3 Å². The van der Waals surface area contributed by atoms with Gasteiger partial charge in [-0.3, -0.25) is 0 Å². The van der Waals surface area contributed by atoms with Gasteiger partial charge in [0.05, 0.1) is 6.04 Å². The molecule has 3 rings (SSSR count). The van der Waals surface area contributed by atoms with Gasteiger partial charge >= 0.3 is 6.03 Å². The first kappa shape index (κ1) is 14.7. The van der Waals surface area contributed by atoms with Crippen molar-refractivity contribution in [3.63, 3.8) is 0 Å². The van der Waals surface area contributed by atoms with Crippen LogP contribution in [0.3, 0.4) is 0 Å². The Labute approximate surface area is 134 Å². The van der Waals surface area contributed by atoms with E-state index < -0.39 is 0 Å². The van der Waals surface area contributed by atoms with Gasteiger partial charge in [-0.25, -0.2) is 4.79 Å². The van der Waals surface area contributed by atoms with E-state index in [1.165, 1.54) is 0 Å². The van der Waals surface area contributed by atoms with E-state index in [1.807, 2.05) is 48.5 Å². The molecule has 2 aromatic rings. The number of hydrogen-bond acceptors (Lipinski definition) is 2. The van der Waals surface area contributed by atoms with Crippen molar-refractivity contribution in [2.45, 2.75) is 19.0 Å². The number of fused-ring (bicyclic) bond motifs is 1. The van der Waals surface area contributed by atoms with E-state index in [9.17, 15) is 4.79 Å². The number of benzene rings is 2. The summed E-state index contributed by atoms with van der Waals surface area (Å²) in [6.07, 6.45) is 0.779. The number of hydrogen-bond donors (Lipinski definition) is 2. The molecule has 0 aromatic heterocycles. The van der Waals surface area contributed by atoms with Crippen molar-refractivity contribution in [3.8, 4) is 5.75 Å². The molecule has 0 bridgehead atoms. The third-order valence-corrected chi connectivity index (χ3v) is 3.79. The molecule has 0 saturated carbocycles. The lowest BCUT2D eigenvalue weighted by Gasteiger charge is -2.26. The third-order valence-electron chi connectivity index (χ3n) is 3.56. The lowest BCUT2D eigenvalue weighted by molar-refractivity contribution is 0.214. The van der Waals surface area contributed by atoms with Gasteiger partial charge in [0, 0.05) is 11.6 Å². The quantitative estimate of drug-likeness (QED) is 0.914. The van der Waals surface area contributed by atoms with Crippen molar-refractivity contribution in [2.75, 3.05) is 6.61 Å². The van der Waals surface area contributed by atoms with Crippen LogP contribution in [-0.4, -0.2) is 18.7 Å². The monoisotopic (exact) mass is 316 g/mol. The number of nitrogens with one attached hydrogen (secondary N) is 2. The summed E-state index contributed by atoms with van der Waals surface area (Å²) in [5.74, 6) is 0.903. The molecule has 2 amide bonds. The Morgan fingerprint density at radius 1 is 1.23 bits per heavy atom. The first-order chi connectivity index (χ1) is 10.7. The van der Waals surface area contributed by atoms with Crippen molar-refractivity contribution in [1.29, 1.82) is 0 Å². The molecule has 0 fully saturated rings. The average Bonchev–Trinajstić information content (AvgIpc) is 2.53. The molecule has 5 heteroatoms. The minimum atomic E-state index is -0.201. The van der Waals surface area contributed by atoms with Crippen LogP contribution in [0.1, 0.15) is 11.1 Å². The number of carbonyl (C=O) groups excluding carboxylic acids is 1. The van der Waals surface area contributed by atoms with Crippen LogP contribution in [0.5, 0.6) is 5.75 Å². The predicted octanol–water partition coefficient (Wildman–Crippen LogP) is 3.14. The Bertz CT molecular complexity index is 675. The zero-order chi connectivity index (χ0) is 15.4. The molecule has 1 unspecified atom stereocenters. The summed E-state index contributed by atoms with van der Waals surface area (Å²) >= 11 is 5.92. The van der Waals surface area contributed by atoms with Crippen LogP contribution in [0, 0.1) is 0 Å². The lowest BCUT2D eigenvalue weighted by Crippen LogP contribution is -2.47. The van der Waals surface area contributed by atoms with E-state index in [2.05, 4.69) is 10.6 Å². The van der Waals surface area contributed by atoms with Crippen molar-refractivity contribution < 1.29 is 9.53 Å². The highest BCUT2D eigenvalue weighted by molar-refractivity contribution is 6.30. The molecule has 0 saturated heterocycles. The third kappa shape index (κ3) is 3.71. The Morgan fingerprint density at radius 3 is 2.95 bits per heavy atom. The van der Waals surface area contributed by atoms with Crippen molar-refractivity contribution >= 4 is 17.6 Å². The van der Waals surface area contributed by atoms with Gasteiger partial charge < -0.3 is 15.4 Å². The zero-order valence-corrected chi connectivity index (χ0v) is 12.8. The average molecular weight is 317 g/mol. The predicted molar refractivity (Wildman–Crippen MR) is 86.3 cm³/mol. The Kier molecular flexibility index (Phi) is 4.49. The van der Waals surface area contributed by atoms with E-state index in [4.69, 9.17) is 16.3 Å². The molecule has 1 atom stereocenters. The molecule has 1 aliphatic heterocycles. The summed E-state index contributed by atoms with van der Waals surface area (Å²) < 4.78 is 5.66. The van der Waals surface area contributed by atoms with Gasteiger partial charge in [-0.15, -0.1) is 0 Å². The van der Waals surface area contributed by atoms with Crippen LogP contribution in [0.15, 0.2) is 48.5 Å². The minimum absolute atomic E-state index is 0.0192. The van der Waals surface area contributed by atoms with Gasteiger partial charge in [-0.1, -0.05) is 41.9 Å². The standard InChI is InChI=1S/C17H17ClN2O2/c18-14-6-3-4-12(8-14)10-19-17(21)20-15-9-13-5-1-2-7-16(13)22-11-15/h1-8,15H,9-11H2,(H2,19,20,21). The fourth-order valence-corrected chi connectivity index (χ4v) is 2.70. The highest BCUT2D eigenvalue weighted by Gasteiger charge is 2.20. The summed E-state index contributed by atoms with van der Waals surface area (Å²) in [5, 5.41) is 6.43. The van der Waals surface area contributed by atoms with Gasteiger partial charge in [0.1, 0.15) is 12.4 Å². The van der Waals surface area contributed by atoms with Crippen LogP contribution < -0.4 is 15.4 Å². The molecule has 0 spiro atoms. The van der Waals surface area contributed by atoms with E-state index >= 15 is 0 Å². The number of para-hydroxylation sites is 1. The van der Waals surface area contributed by atoms with Crippen LogP contribution in [0.2, 0.25) is 5.02 Å². The highest BCUT2D eigenvalue weighted by Crippen LogP contribution is 2.23. The molecule has 0 aliphatic carbocycles. The molecule has 1 heterocycles. The Morgan fingerprint density at radius 2 is 2.09 bits per heavy atom. The first-order valence-corrected chi connectivity index (χ1v) is 7.58. The second kappa shape index (κ2) is 6.71. The van der Waals surface area contributed by atoms with E-state index in [0.29, 0.717) is 18.2 Å². The van der Waals surface area contributed by atoms with Crippen molar-refractivity contribution in [3.05, 3.63) is 64.7 Å². The second-order valence-electron chi connectivity index (χ2n) is 5.28. The number of halogens is 1. The second-order valence-corrected chi connectivity index (χ2v) is 5.71. The van der Waals surface area contributed by atoms with Gasteiger partial charge in [0.25, 0.3) is 0 Å². The summed E-state index contributed by atoms with van der Waals surface area (Å²) in [4.78, 5) is 12.0. The summed E-state index contributed by atoms with van der Waals surface area (Å²) in [7, 11) is 0. The topological polar surface area (TPSA) is 50.4 Å². The number of rotatable bonds is 3. The van der Waals surface area contributed by atoms with Crippen LogP contribution >= 0.6 is 11.6 Å². The molecule has 1 aliphatic rings. The van der Waals surface area contributed by atoms with E-state index in [-0.39, 0.29) is 12.1 Å². The fourth-order valence-electron chi connectivity index (χ4n) is 2.49. The van der Waals surface area contributed by atoms with Crippen molar-refractivity contribution in [2.24, 2.45) is 0 Å².